The van der Waals surface area contributed by atoms with Crippen molar-refractivity contribution in [2.75, 3.05) is 13.1 Å². The van der Waals surface area contributed by atoms with Gasteiger partial charge in [-0.05, 0) is 19.3 Å². The van der Waals surface area contributed by atoms with Crippen molar-refractivity contribution in [3.05, 3.63) is 0 Å². The molecule has 0 aromatic heterocycles. The van der Waals surface area contributed by atoms with Crippen molar-refractivity contribution in [3.8, 4) is 12.1 Å². The zero-order valence-electron chi connectivity index (χ0n) is 8.25. The highest BCUT2D eigenvalue weighted by Crippen LogP contribution is 1.91. The van der Waals surface area contributed by atoms with Crippen LogP contribution in [-0.2, 0) is 9.59 Å². The SMILES string of the molecule is N#CC(=O)NCCCCCNC(=O)C#N. The van der Waals surface area contributed by atoms with Crippen molar-refractivity contribution >= 4 is 11.8 Å². The van der Waals surface area contributed by atoms with Crippen molar-refractivity contribution in [3.63, 3.8) is 0 Å². The van der Waals surface area contributed by atoms with Crippen molar-refractivity contribution < 1.29 is 9.59 Å². The second-order valence-corrected chi connectivity index (χ2v) is 2.80. The van der Waals surface area contributed by atoms with Crippen LogP contribution in [0.15, 0.2) is 0 Å². The van der Waals surface area contributed by atoms with E-state index in [9.17, 15) is 9.59 Å². The summed E-state index contributed by atoms with van der Waals surface area (Å²) in [5.41, 5.74) is 0. The van der Waals surface area contributed by atoms with E-state index in [-0.39, 0.29) is 0 Å². The molecular formula is C9H12N4O2. The van der Waals surface area contributed by atoms with Gasteiger partial charge in [0.25, 0.3) is 0 Å². The van der Waals surface area contributed by atoms with Gasteiger partial charge in [0, 0.05) is 13.1 Å². The van der Waals surface area contributed by atoms with Gasteiger partial charge in [-0.15, -0.1) is 0 Å². The van der Waals surface area contributed by atoms with Crippen molar-refractivity contribution in [2.45, 2.75) is 19.3 Å². The van der Waals surface area contributed by atoms with E-state index in [4.69, 9.17) is 10.5 Å². The largest absolute Gasteiger partial charge is 0.344 e. The molecule has 0 unspecified atom stereocenters. The summed E-state index contributed by atoms with van der Waals surface area (Å²) in [5, 5.41) is 21.1. The summed E-state index contributed by atoms with van der Waals surface area (Å²) in [5.74, 6) is -1.26. The maximum Gasteiger partial charge on any atom is 0.322 e. The van der Waals surface area contributed by atoms with Gasteiger partial charge in [-0.2, -0.15) is 10.5 Å². The summed E-state index contributed by atoms with van der Waals surface area (Å²) in [6.07, 6.45) is 2.31. The van der Waals surface area contributed by atoms with Crippen molar-refractivity contribution in [1.29, 1.82) is 10.5 Å². The highest BCUT2D eigenvalue weighted by atomic mass is 16.2. The number of amides is 2. The van der Waals surface area contributed by atoms with Gasteiger partial charge in [-0.1, -0.05) is 0 Å². The Morgan fingerprint density at radius 2 is 1.27 bits per heavy atom. The van der Waals surface area contributed by atoms with Crippen LogP contribution in [0.3, 0.4) is 0 Å². The maximum atomic E-state index is 10.5. The number of nitriles is 2. The molecule has 0 rings (SSSR count). The van der Waals surface area contributed by atoms with Crippen LogP contribution in [0.2, 0.25) is 0 Å². The number of carbonyl (C=O) groups excluding carboxylic acids is 2. The Kier molecular flexibility index (Phi) is 7.33. The van der Waals surface area contributed by atoms with Crippen LogP contribution >= 0.6 is 0 Å². The summed E-state index contributed by atoms with van der Waals surface area (Å²) in [6.45, 7) is 0.914. The lowest BCUT2D eigenvalue weighted by atomic mass is 10.2. The topological polar surface area (TPSA) is 106 Å². The van der Waals surface area contributed by atoms with Crippen molar-refractivity contribution in [2.24, 2.45) is 0 Å². The van der Waals surface area contributed by atoms with Crippen LogP contribution in [0.4, 0.5) is 0 Å². The van der Waals surface area contributed by atoms with Gasteiger partial charge in [-0.3, -0.25) is 9.59 Å². The summed E-state index contributed by atoms with van der Waals surface area (Å²) in [6, 6.07) is 2.89. The molecule has 6 nitrogen and oxygen atoms in total. The summed E-state index contributed by atoms with van der Waals surface area (Å²) in [4.78, 5) is 20.9. The first-order valence-electron chi connectivity index (χ1n) is 4.56. The quantitative estimate of drug-likeness (QED) is 0.450. The minimum Gasteiger partial charge on any atom is -0.344 e. The van der Waals surface area contributed by atoms with Crippen LogP contribution in [-0.4, -0.2) is 24.9 Å². The van der Waals surface area contributed by atoms with Gasteiger partial charge in [0.1, 0.15) is 0 Å². The first-order valence-corrected chi connectivity index (χ1v) is 4.56. The van der Waals surface area contributed by atoms with E-state index >= 15 is 0 Å². The number of nitrogens with zero attached hydrogens (tertiary/aromatic N) is 2. The van der Waals surface area contributed by atoms with Gasteiger partial charge in [0.15, 0.2) is 12.1 Å². The predicted octanol–water partition coefficient (Wildman–Crippen LogP) is -0.564. The molecule has 0 aromatic carbocycles. The third-order valence-corrected chi connectivity index (χ3v) is 1.63. The smallest absolute Gasteiger partial charge is 0.322 e. The summed E-state index contributed by atoms with van der Waals surface area (Å²) >= 11 is 0. The molecule has 0 aliphatic rings. The van der Waals surface area contributed by atoms with E-state index in [1.54, 1.807) is 0 Å². The Hall–Kier alpha value is -2.08. The minimum absolute atomic E-state index is 0.457. The fourth-order valence-electron chi connectivity index (χ4n) is 0.910. The number of hydrogen-bond acceptors (Lipinski definition) is 4. The lowest BCUT2D eigenvalue weighted by Gasteiger charge is -2.01. The minimum atomic E-state index is -0.632. The summed E-state index contributed by atoms with van der Waals surface area (Å²) < 4.78 is 0. The molecule has 0 saturated heterocycles. The van der Waals surface area contributed by atoms with Crippen LogP contribution in [0, 0.1) is 22.7 Å². The second-order valence-electron chi connectivity index (χ2n) is 2.80. The van der Waals surface area contributed by atoms with E-state index in [1.165, 1.54) is 12.1 Å². The van der Waals surface area contributed by atoms with E-state index in [2.05, 4.69) is 10.6 Å². The first-order chi connectivity index (χ1) is 7.20. The lowest BCUT2D eigenvalue weighted by molar-refractivity contribution is -0.116. The van der Waals surface area contributed by atoms with Crippen LogP contribution in [0.25, 0.3) is 0 Å². The molecule has 0 bridgehead atoms. The number of unbranched alkanes of at least 4 members (excludes halogenated alkanes) is 2. The molecule has 2 amide bonds. The zero-order valence-corrected chi connectivity index (χ0v) is 8.25. The standard InChI is InChI=1S/C9H12N4O2/c10-6-8(14)12-4-2-1-3-5-13-9(15)7-11/h1-5H2,(H,12,14)(H,13,15). The molecular weight excluding hydrogens is 196 g/mol. The molecule has 0 aliphatic heterocycles. The molecule has 15 heavy (non-hydrogen) atoms. The Balaban J connectivity index is 3.20. The Morgan fingerprint density at radius 3 is 1.60 bits per heavy atom. The third kappa shape index (κ3) is 8.26. The molecule has 0 spiro atoms. The average molecular weight is 208 g/mol. The van der Waals surface area contributed by atoms with Gasteiger partial charge >= 0.3 is 11.8 Å². The highest BCUT2D eigenvalue weighted by molar-refractivity contribution is 5.91. The lowest BCUT2D eigenvalue weighted by Crippen LogP contribution is -2.24. The van der Waals surface area contributed by atoms with Gasteiger partial charge in [0.05, 0.1) is 0 Å². The number of hydrogen-bond donors (Lipinski definition) is 2. The number of carbonyl (C=O) groups is 2. The normalized spacial score (nSPS) is 8.40. The molecule has 0 aliphatic carbocycles. The molecule has 0 radical (unpaired) electrons. The van der Waals surface area contributed by atoms with Crippen LogP contribution in [0.5, 0.6) is 0 Å². The molecule has 0 fully saturated rings. The predicted molar refractivity (Wildman–Crippen MR) is 51.1 cm³/mol. The number of nitrogens with one attached hydrogen (secondary N) is 2. The fourth-order valence-corrected chi connectivity index (χ4v) is 0.910. The van der Waals surface area contributed by atoms with E-state index in [0.717, 1.165) is 19.3 Å². The Bertz CT molecular complexity index is 270. The van der Waals surface area contributed by atoms with E-state index < -0.39 is 11.8 Å². The average Bonchev–Trinajstić information content (AvgIpc) is 2.26. The molecule has 2 N–H and O–H groups in total. The van der Waals surface area contributed by atoms with Crippen LogP contribution < -0.4 is 10.6 Å². The molecule has 0 heterocycles. The highest BCUT2D eigenvalue weighted by Gasteiger charge is 1.97. The van der Waals surface area contributed by atoms with Gasteiger partial charge in [0.2, 0.25) is 0 Å². The first kappa shape index (κ1) is 12.9. The van der Waals surface area contributed by atoms with Gasteiger partial charge in [-0.25, -0.2) is 0 Å². The van der Waals surface area contributed by atoms with Crippen molar-refractivity contribution in [1.82, 2.24) is 10.6 Å². The molecule has 0 atom stereocenters. The molecule has 0 aromatic rings. The second kappa shape index (κ2) is 8.52. The fraction of sp³-hybridized carbons (Fsp3) is 0.556. The molecule has 6 heteroatoms. The summed E-state index contributed by atoms with van der Waals surface area (Å²) in [7, 11) is 0. The van der Waals surface area contributed by atoms with E-state index in [1.807, 2.05) is 0 Å². The Labute approximate surface area is 87.9 Å². The van der Waals surface area contributed by atoms with Crippen LogP contribution in [0.1, 0.15) is 19.3 Å². The monoisotopic (exact) mass is 208 g/mol. The molecule has 0 saturated carbocycles. The van der Waals surface area contributed by atoms with E-state index in [0.29, 0.717) is 13.1 Å². The third-order valence-electron chi connectivity index (χ3n) is 1.63. The van der Waals surface area contributed by atoms with Gasteiger partial charge < -0.3 is 10.6 Å². The number of rotatable bonds is 6. The maximum absolute atomic E-state index is 10.5. The Morgan fingerprint density at radius 1 is 0.867 bits per heavy atom. The zero-order chi connectivity index (χ0) is 11.5. The molecule has 80 valence electrons.